The van der Waals surface area contributed by atoms with Crippen LogP contribution in [0.5, 0.6) is 0 Å². The Morgan fingerprint density at radius 1 is 1.35 bits per heavy atom. The molecule has 1 unspecified atom stereocenters. The first-order valence-electron chi connectivity index (χ1n) is 7.04. The Labute approximate surface area is 130 Å². The third kappa shape index (κ3) is 3.29. The number of aliphatic hydroxyl groups is 1. The molecule has 0 aliphatic carbocycles. The second kappa shape index (κ2) is 5.92. The Balaban J connectivity index is 1.57. The molecule has 9 heteroatoms. The van der Waals surface area contributed by atoms with Gasteiger partial charge < -0.3 is 15.3 Å². The SMILES string of the molecule is CC(O)c1cn(C2CN(C(=O)Nc3cc(F)cc(F)c3)C2)nn1. The molecular formula is C14H15F2N5O2. The first-order valence-corrected chi connectivity index (χ1v) is 7.04. The third-order valence-electron chi connectivity index (χ3n) is 3.59. The summed E-state index contributed by atoms with van der Waals surface area (Å²) in [6.07, 6.45) is 0.929. The van der Waals surface area contributed by atoms with E-state index in [1.54, 1.807) is 17.8 Å². The summed E-state index contributed by atoms with van der Waals surface area (Å²) in [4.78, 5) is 13.5. The van der Waals surface area contributed by atoms with Crippen LogP contribution in [0.1, 0.15) is 24.8 Å². The van der Waals surface area contributed by atoms with Gasteiger partial charge in [0, 0.05) is 24.8 Å². The minimum absolute atomic E-state index is 0.0370. The lowest BCUT2D eigenvalue weighted by Crippen LogP contribution is -2.52. The van der Waals surface area contributed by atoms with E-state index in [1.165, 1.54) is 4.90 Å². The van der Waals surface area contributed by atoms with Gasteiger partial charge in [-0.2, -0.15) is 0 Å². The number of halogens is 2. The molecule has 1 atom stereocenters. The lowest BCUT2D eigenvalue weighted by molar-refractivity contribution is 0.127. The van der Waals surface area contributed by atoms with E-state index >= 15 is 0 Å². The monoisotopic (exact) mass is 323 g/mol. The largest absolute Gasteiger partial charge is 0.387 e. The smallest absolute Gasteiger partial charge is 0.321 e. The second-order valence-corrected chi connectivity index (χ2v) is 5.45. The summed E-state index contributed by atoms with van der Waals surface area (Å²) < 4.78 is 27.8. The summed E-state index contributed by atoms with van der Waals surface area (Å²) in [6, 6.07) is 2.35. The molecule has 2 N–H and O–H groups in total. The van der Waals surface area contributed by atoms with E-state index in [1.807, 2.05) is 0 Å². The number of carbonyl (C=O) groups excluding carboxylic acids is 1. The molecule has 1 aromatic carbocycles. The molecule has 7 nitrogen and oxygen atoms in total. The average Bonchev–Trinajstić information content (AvgIpc) is 2.85. The number of anilines is 1. The Morgan fingerprint density at radius 2 is 2.00 bits per heavy atom. The lowest BCUT2D eigenvalue weighted by atomic mass is 10.1. The quantitative estimate of drug-likeness (QED) is 0.900. The fraction of sp³-hybridized carbons (Fsp3) is 0.357. The predicted octanol–water partition coefficient (Wildman–Crippen LogP) is 1.70. The number of likely N-dealkylation sites (tertiary alicyclic amines) is 1. The van der Waals surface area contributed by atoms with Gasteiger partial charge >= 0.3 is 6.03 Å². The van der Waals surface area contributed by atoms with Crippen molar-refractivity contribution in [3.8, 4) is 0 Å². The van der Waals surface area contributed by atoms with Gasteiger partial charge in [-0.25, -0.2) is 18.3 Å². The number of hydrogen-bond acceptors (Lipinski definition) is 4. The number of nitrogens with one attached hydrogen (secondary N) is 1. The maximum absolute atomic E-state index is 13.1. The number of aliphatic hydroxyl groups excluding tert-OH is 1. The second-order valence-electron chi connectivity index (χ2n) is 5.45. The van der Waals surface area contributed by atoms with Gasteiger partial charge in [0.15, 0.2) is 0 Å². The molecule has 1 aliphatic rings. The van der Waals surface area contributed by atoms with Crippen molar-refractivity contribution in [2.75, 3.05) is 18.4 Å². The van der Waals surface area contributed by atoms with E-state index < -0.39 is 23.8 Å². The van der Waals surface area contributed by atoms with Crippen LogP contribution < -0.4 is 5.32 Å². The number of nitrogens with zero attached hydrogens (tertiary/aromatic N) is 4. The number of urea groups is 1. The number of hydrogen-bond donors (Lipinski definition) is 2. The molecule has 122 valence electrons. The van der Waals surface area contributed by atoms with Gasteiger partial charge in [-0.3, -0.25) is 0 Å². The highest BCUT2D eigenvalue weighted by Crippen LogP contribution is 2.23. The van der Waals surface area contributed by atoms with E-state index in [4.69, 9.17) is 0 Å². The van der Waals surface area contributed by atoms with Crippen molar-refractivity contribution in [2.24, 2.45) is 0 Å². The summed E-state index contributed by atoms with van der Waals surface area (Å²) in [7, 11) is 0. The Bertz CT molecular complexity index is 707. The number of carbonyl (C=O) groups is 1. The van der Waals surface area contributed by atoms with Gasteiger partial charge in [0.05, 0.1) is 18.3 Å². The highest BCUT2D eigenvalue weighted by Gasteiger charge is 2.33. The van der Waals surface area contributed by atoms with Crippen molar-refractivity contribution in [3.05, 3.63) is 41.7 Å². The molecule has 0 bridgehead atoms. The summed E-state index contributed by atoms with van der Waals surface area (Å²) in [6.45, 7) is 2.38. The van der Waals surface area contributed by atoms with Gasteiger partial charge in [0.1, 0.15) is 17.3 Å². The fourth-order valence-corrected chi connectivity index (χ4v) is 2.28. The van der Waals surface area contributed by atoms with Crippen molar-refractivity contribution in [2.45, 2.75) is 19.1 Å². The van der Waals surface area contributed by atoms with Crippen LogP contribution in [0.3, 0.4) is 0 Å². The Kier molecular flexibility index (Phi) is 3.95. The molecule has 2 aromatic rings. The fourth-order valence-electron chi connectivity index (χ4n) is 2.28. The molecule has 3 rings (SSSR count). The standard InChI is InChI=1S/C14H15F2N5O2/c1-8(22)13-7-21(19-18-13)12-5-20(6-12)14(23)17-11-3-9(15)2-10(16)4-11/h2-4,7-8,12,22H,5-6H2,1H3,(H,17,23). The van der Waals surface area contributed by atoms with Crippen LogP contribution in [-0.4, -0.2) is 44.1 Å². The van der Waals surface area contributed by atoms with Gasteiger partial charge in [0.2, 0.25) is 0 Å². The van der Waals surface area contributed by atoms with Crippen LogP contribution in [0, 0.1) is 11.6 Å². The van der Waals surface area contributed by atoms with E-state index in [0.717, 1.165) is 18.2 Å². The van der Waals surface area contributed by atoms with Crippen molar-refractivity contribution in [1.29, 1.82) is 0 Å². The molecule has 2 heterocycles. The van der Waals surface area contributed by atoms with Crippen LogP contribution in [0.15, 0.2) is 24.4 Å². The molecule has 23 heavy (non-hydrogen) atoms. The normalized spacial score (nSPS) is 16.1. The zero-order chi connectivity index (χ0) is 16.6. The summed E-state index contributed by atoms with van der Waals surface area (Å²) >= 11 is 0. The summed E-state index contributed by atoms with van der Waals surface area (Å²) in [5.41, 5.74) is 0.524. The van der Waals surface area contributed by atoms with Gasteiger partial charge in [-0.15, -0.1) is 5.10 Å². The molecule has 1 fully saturated rings. The predicted molar refractivity (Wildman–Crippen MR) is 76.6 cm³/mol. The average molecular weight is 323 g/mol. The van der Waals surface area contributed by atoms with Crippen molar-refractivity contribution in [1.82, 2.24) is 19.9 Å². The third-order valence-corrected chi connectivity index (χ3v) is 3.59. The van der Waals surface area contributed by atoms with Crippen LogP contribution in [0.2, 0.25) is 0 Å². The molecule has 1 aliphatic heterocycles. The van der Waals surface area contributed by atoms with E-state index in [9.17, 15) is 18.7 Å². The zero-order valence-corrected chi connectivity index (χ0v) is 12.3. The highest BCUT2D eigenvalue weighted by molar-refractivity contribution is 5.89. The molecule has 0 spiro atoms. The minimum atomic E-state index is -0.755. The Morgan fingerprint density at radius 3 is 2.57 bits per heavy atom. The lowest BCUT2D eigenvalue weighted by Gasteiger charge is -2.38. The topological polar surface area (TPSA) is 83.3 Å². The summed E-state index contributed by atoms with van der Waals surface area (Å²) in [5.74, 6) is -1.51. The minimum Gasteiger partial charge on any atom is -0.387 e. The molecule has 1 saturated heterocycles. The van der Waals surface area contributed by atoms with Crippen LogP contribution in [0.25, 0.3) is 0 Å². The van der Waals surface area contributed by atoms with Crippen molar-refractivity contribution in [3.63, 3.8) is 0 Å². The highest BCUT2D eigenvalue weighted by atomic mass is 19.1. The van der Waals surface area contributed by atoms with E-state index in [0.29, 0.717) is 18.8 Å². The first-order chi connectivity index (χ1) is 10.9. The van der Waals surface area contributed by atoms with Gasteiger partial charge in [-0.05, 0) is 19.1 Å². The number of aromatic nitrogens is 3. The number of rotatable bonds is 3. The van der Waals surface area contributed by atoms with Crippen LogP contribution in [0.4, 0.5) is 19.3 Å². The zero-order valence-electron chi connectivity index (χ0n) is 12.3. The van der Waals surface area contributed by atoms with Crippen LogP contribution in [-0.2, 0) is 0 Å². The van der Waals surface area contributed by atoms with Gasteiger partial charge in [-0.1, -0.05) is 5.21 Å². The van der Waals surface area contributed by atoms with E-state index in [2.05, 4.69) is 15.6 Å². The summed E-state index contributed by atoms with van der Waals surface area (Å²) in [5, 5.41) is 19.6. The maximum Gasteiger partial charge on any atom is 0.321 e. The molecule has 0 saturated carbocycles. The number of benzene rings is 1. The molecular weight excluding hydrogens is 308 g/mol. The molecule has 1 aromatic heterocycles. The molecule has 0 radical (unpaired) electrons. The van der Waals surface area contributed by atoms with Crippen LogP contribution >= 0.6 is 0 Å². The first kappa shape index (κ1) is 15.3. The van der Waals surface area contributed by atoms with E-state index in [-0.39, 0.29) is 11.7 Å². The van der Waals surface area contributed by atoms with Gasteiger partial charge in [0.25, 0.3) is 0 Å². The molecule has 2 amide bonds. The van der Waals surface area contributed by atoms with Crippen molar-refractivity contribution < 1.29 is 18.7 Å². The Hall–Kier alpha value is -2.55. The maximum atomic E-state index is 13.1. The number of amides is 2. The van der Waals surface area contributed by atoms with Crippen molar-refractivity contribution >= 4 is 11.7 Å².